The van der Waals surface area contributed by atoms with Crippen molar-refractivity contribution in [2.45, 2.75) is 6.42 Å². The van der Waals surface area contributed by atoms with Crippen LogP contribution in [-0.4, -0.2) is 26.2 Å². The zero-order chi connectivity index (χ0) is 10.7. The molecular weight excluding hydrogens is 194 g/mol. The van der Waals surface area contributed by atoms with Crippen LogP contribution in [0.25, 0.3) is 0 Å². The monoisotopic (exact) mass is 207 g/mol. The number of anilines is 1. The number of ether oxygens (including phenoxy) is 2. The number of carbonyl (C=O) groups is 1. The van der Waals surface area contributed by atoms with E-state index >= 15 is 0 Å². The quantitative estimate of drug-likeness (QED) is 0.810. The van der Waals surface area contributed by atoms with Gasteiger partial charge in [-0.3, -0.25) is 4.79 Å². The Morgan fingerprint density at radius 1 is 1.60 bits per heavy atom. The lowest BCUT2D eigenvalue weighted by molar-refractivity contribution is -0.119. The highest BCUT2D eigenvalue weighted by Gasteiger charge is 2.12. The van der Waals surface area contributed by atoms with Gasteiger partial charge in [0.15, 0.2) is 0 Å². The van der Waals surface area contributed by atoms with Crippen LogP contribution in [0.2, 0.25) is 0 Å². The average Bonchev–Trinajstić information content (AvgIpc) is 2.65. The summed E-state index contributed by atoms with van der Waals surface area (Å²) in [6, 6.07) is 5.65. The van der Waals surface area contributed by atoms with Gasteiger partial charge >= 0.3 is 0 Å². The summed E-state index contributed by atoms with van der Waals surface area (Å²) in [6.07, 6.45) is 0.906. The number of carbonyl (C=O) groups excluding carboxylic acids is 1. The van der Waals surface area contributed by atoms with E-state index < -0.39 is 0 Å². The lowest BCUT2D eigenvalue weighted by Crippen LogP contribution is -2.17. The number of amides is 1. The van der Waals surface area contributed by atoms with Crippen molar-refractivity contribution in [1.82, 2.24) is 0 Å². The molecule has 15 heavy (non-hydrogen) atoms. The van der Waals surface area contributed by atoms with Crippen molar-refractivity contribution in [3.8, 4) is 5.75 Å². The van der Waals surface area contributed by atoms with Crippen LogP contribution in [0.5, 0.6) is 5.75 Å². The van der Waals surface area contributed by atoms with Crippen LogP contribution in [0.1, 0.15) is 5.56 Å². The molecule has 1 N–H and O–H groups in total. The smallest absolute Gasteiger partial charge is 0.250 e. The second kappa shape index (κ2) is 4.31. The molecule has 0 aliphatic carbocycles. The largest absolute Gasteiger partial charge is 0.493 e. The van der Waals surface area contributed by atoms with Gasteiger partial charge < -0.3 is 14.8 Å². The molecule has 1 amide bonds. The summed E-state index contributed by atoms with van der Waals surface area (Å²) in [5.41, 5.74) is 1.94. The molecule has 0 aromatic heterocycles. The maximum atomic E-state index is 11.2. The van der Waals surface area contributed by atoms with Gasteiger partial charge in [-0.05, 0) is 23.8 Å². The van der Waals surface area contributed by atoms with Crippen LogP contribution in [0.15, 0.2) is 18.2 Å². The standard InChI is InChI=1S/C11H13NO3/c1-14-7-11(13)12-9-2-3-10-8(6-9)4-5-15-10/h2-3,6H,4-5,7H2,1H3,(H,12,13). The van der Waals surface area contributed by atoms with E-state index in [0.29, 0.717) is 0 Å². The lowest BCUT2D eigenvalue weighted by Gasteiger charge is -2.05. The average molecular weight is 207 g/mol. The van der Waals surface area contributed by atoms with Crippen LogP contribution >= 0.6 is 0 Å². The Hall–Kier alpha value is -1.55. The molecule has 4 nitrogen and oxygen atoms in total. The summed E-state index contributed by atoms with van der Waals surface area (Å²) in [7, 11) is 1.50. The minimum Gasteiger partial charge on any atom is -0.493 e. The molecule has 1 aromatic carbocycles. The summed E-state index contributed by atoms with van der Waals surface area (Å²) < 4.78 is 10.1. The van der Waals surface area contributed by atoms with Crippen molar-refractivity contribution in [2.24, 2.45) is 0 Å². The molecule has 0 spiro atoms. The van der Waals surface area contributed by atoms with Crippen molar-refractivity contribution in [2.75, 3.05) is 25.6 Å². The molecule has 80 valence electrons. The van der Waals surface area contributed by atoms with E-state index in [-0.39, 0.29) is 12.5 Å². The molecule has 0 saturated heterocycles. The Balaban J connectivity index is 2.06. The zero-order valence-corrected chi connectivity index (χ0v) is 8.58. The third-order valence-corrected chi connectivity index (χ3v) is 2.25. The summed E-state index contributed by atoms with van der Waals surface area (Å²) in [4.78, 5) is 11.2. The first-order valence-electron chi connectivity index (χ1n) is 4.84. The number of methoxy groups -OCH3 is 1. The number of hydrogen-bond donors (Lipinski definition) is 1. The predicted molar refractivity (Wildman–Crippen MR) is 56.1 cm³/mol. The van der Waals surface area contributed by atoms with Crippen molar-refractivity contribution in [3.63, 3.8) is 0 Å². The Bertz CT molecular complexity index is 376. The summed E-state index contributed by atoms with van der Waals surface area (Å²) in [5.74, 6) is 0.774. The van der Waals surface area contributed by atoms with Gasteiger partial charge in [-0.1, -0.05) is 0 Å². The highest BCUT2D eigenvalue weighted by atomic mass is 16.5. The highest BCUT2D eigenvalue weighted by Crippen LogP contribution is 2.27. The second-order valence-electron chi connectivity index (χ2n) is 3.40. The van der Waals surface area contributed by atoms with Crippen molar-refractivity contribution >= 4 is 11.6 Å². The summed E-state index contributed by atoms with van der Waals surface area (Å²) in [5, 5.41) is 2.75. The third-order valence-electron chi connectivity index (χ3n) is 2.25. The molecule has 0 unspecified atom stereocenters. The van der Waals surface area contributed by atoms with Gasteiger partial charge in [-0.2, -0.15) is 0 Å². The molecule has 1 heterocycles. The predicted octanol–water partition coefficient (Wildman–Crippen LogP) is 1.21. The Morgan fingerprint density at radius 2 is 2.47 bits per heavy atom. The highest BCUT2D eigenvalue weighted by molar-refractivity contribution is 5.91. The van der Waals surface area contributed by atoms with Crippen molar-refractivity contribution in [3.05, 3.63) is 23.8 Å². The van der Waals surface area contributed by atoms with Gasteiger partial charge in [0.1, 0.15) is 12.4 Å². The fraction of sp³-hybridized carbons (Fsp3) is 0.364. The normalized spacial score (nSPS) is 13.1. The van der Waals surface area contributed by atoms with E-state index in [0.717, 1.165) is 30.0 Å². The number of nitrogens with one attached hydrogen (secondary N) is 1. The lowest BCUT2D eigenvalue weighted by atomic mass is 10.1. The number of fused-ring (bicyclic) bond motifs is 1. The Kier molecular flexibility index (Phi) is 2.87. The van der Waals surface area contributed by atoms with Gasteiger partial charge in [0.25, 0.3) is 0 Å². The molecule has 1 aliphatic heterocycles. The summed E-state index contributed by atoms with van der Waals surface area (Å²) >= 11 is 0. The van der Waals surface area contributed by atoms with Crippen LogP contribution < -0.4 is 10.1 Å². The Morgan fingerprint density at radius 3 is 3.27 bits per heavy atom. The SMILES string of the molecule is COCC(=O)Nc1ccc2c(c1)CCO2. The first-order chi connectivity index (χ1) is 7.29. The van der Waals surface area contributed by atoms with E-state index in [9.17, 15) is 4.79 Å². The molecule has 0 radical (unpaired) electrons. The number of hydrogen-bond acceptors (Lipinski definition) is 3. The molecule has 1 aliphatic rings. The molecular formula is C11H13NO3. The Labute approximate surface area is 88.2 Å². The van der Waals surface area contributed by atoms with Crippen LogP contribution in [-0.2, 0) is 16.0 Å². The van der Waals surface area contributed by atoms with E-state index in [1.165, 1.54) is 7.11 Å². The second-order valence-corrected chi connectivity index (χ2v) is 3.40. The van der Waals surface area contributed by atoms with E-state index in [1.807, 2.05) is 18.2 Å². The fourth-order valence-electron chi connectivity index (χ4n) is 1.59. The molecule has 1 aromatic rings. The molecule has 0 atom stereocenters. The van der Waals surface area contributed by atoms with E-state index in [4.69, 9.17) is 9.47 Å². The van der Waals surface area contributed by atoms with Crippen LogP contribution in [0, 0.1) is 0 Å². The molecule has 0 bridgehead atoms. The molecule has 0 fully saturated rings. The third kappa shape index (κ3) is 2.27. The first-order valence-corrected chi connectivity index (χ1v) is 4.84. The van der Waals surface area contributed by atoms with Gasteiger partial charge in [0, 0.05) is 19.2 Å². The van der Waals surface area contributed by atoms with Gasteiger partial charge in [0.05, 0.1) is 6.61 Å². The minimum atomic E-state index is -0.142. The van der Waals surface area contributed by atoms with Gasteiger partial charge in [-0.25, -0.2) is 0 Å². The maximum absolute atomic E-state index is 11.2. The van der Waals surface area contributed by atoms with Crippen molar-refractivity contribution < 1.29 is 14.3 Å². The van der Waals surface area contributed by atoms with E-state index in [1.54, 1.807) is 0 Å². The van der Waals surface area contributed by atoms with Gasteiger partial charge in [0.2, 0.25) is 5.91 Å². The number of benzene rings is 1. The maximum Gasteiger partial charge on any atom is 0.250 e. The first kappa shape index (κ1) is 9.98. The summed E-state index contributed by atoms with van der Waals surface area (Å²) in [6.45, 7) is 0.804. The van der Waals surface area contributed by atoms with Crippen LogP contribution in [0.3, 0.4) is 0 Å². The molecule has 4 heteroatoms. The minimum absolute atomic E-state index is 0.0770. The topological polar surface area (TPSA) is 47.6 Å². The number of rotatable bonds is 3. The van der Waals surface area contributed by atoms with Gasteiger partial charge in [-0.15, -0.1) is 0 Å². The molecule has 2 rings (SSSR count). The van der Waals surface area contributed by atoms with E-state index in [2.05, 4.69) is 5.32 Å². The zero-order valence-electron chi connectivity index (χ0n) is 8.58. The molecule has 0 saturated carbocycles. The van der Waals surface area contributed by atoms with Crippen molar-refractivity contribution in [1.29, 1.82) is 0 Å². The fourth-order valence-corrected chi connectivity index (χ4v) is 1.59. The van der Waals surface area contributed by atoms with Crippen LogP contribution in [0.4, 0.5) is 5.69 Å².